The fourth-order valence-corrected chi connectivity index (χ4v) is 8.94. The molecule has 0 saturated heterocycles. The number of phenolic OH excluding ortho intramolecular Hbond substituents is 1. The fourth-order valence-electron chi connectivity index (χ4n) is 8.94. The quantitative estimate of drug-likeness (QED) is 0.169. The molecule has 0 fully saturated rings. The Morgan fingerprint density at radius 3 is 1.97 bits per heavy atom. The summed E-state index contributed by atoms with van der Waals surface area (Å²) in [5, 5.41) is 11.4. The maximum Gasteiger partial charge on any atom is 0.148 e. The van der Waals surface area contributed by atoms with Gasteiger partial charge in [-0.1, -0.05) is 167 Å². The van der Waals surface area contributed by atoms with Gasteiger partial charge in [0.1, 0.15) is 11.6 Å². The summed E-state index contributed by atoms with van der Waals surface area (Å²) in [6.45, 7) is 11.3. The Morgan fingerprint density at radius 2 is 1.23 bits per heavy atom. The molecule has 0 bridgehead atoms. The summed E-state index contributed by atoms with van der Waals surface area (Å²) in [6, 6.07) is 60.9. The number of phenols is 1. The molecular formula is C55H44N3OPt-. The molecule has 0 amide bonds. The van der Waals surface area contributed by atoms with Crippen molar-refractivity contribution >= 4 is 11.0 Å². The SMILES string of the molecule is CC(C)(C)c1ccc(-n2c(-c3ccccc3O)nc3c(-c4[c-]c(-c5nccc6c5-c5ccccc5C6(C)C)cc(-c5ccccc5)c4)cccc32)c(-c2ccccc2)c1.[Pt]. The van der Waals surface area contributed by atoms with E-state index < -0.39 is 0 Å². The van der Waals surface area contributed by atoms with Crippen LogP contribution in [0.1, 0.15) is 51.3 Å². The van der Waals surface area contributed by atoms with Crippen LogP contribution in [0.5, 0.6) is 5.75 Å². The van der Waals surface area contributed by atoms with Crippen LogP contribution in [0.25, 0.3) is 83.9 Å². The van der Waals surface area contributed by atoms with Crippen LogP contribution in [-0.2, 0) is 31.9 Å². The maximum absolute atomic E-state index is 11.4. The largest absolute Gasteiger partial charge is 0.507 e. The normalized spacial score (nSPS) is 12.8. The molecule has 1 N–H and O–H groups in total. The zero-order valence-electron chi connectivity index (χ0n) is 34.3. The summed E-state index contributed by atoms with van der Waals surface area (Å²) in [6.07, 6.45) is 1.95. The van der Waals surface area contributed by atoms with Crippen molar-refractivity contribution in [3.05, 3.63) is 193 Å². The van der Waals surface area contributed by atoms with Crippen LogP contribution in [-0.4, -0.2) is 19.6 Å². The Balaban J connectivity index is 0.00000462. The van der Waals surface area contributed by atoms with E-state index in [9.17, 15) is 5.11 Å². The molecular weight excluding hydrogens is 914 g/mol. The van der Waals surface area contributed by atoms with E-state index in [0.717, 1.165) is 66.9 Å². The van der Waals surface area contributed by atoms with E-state index in [2.05, 4.69) is 185 Å². The van der Waals surface area contributed by atoms with Crippen molar-refractivity contribution in [2.24, 2.45) is 0 Å². The van der Waals surface area contributed by atoms with Crippen LogP contribution in [0.3, 0.4) is 0 Å². The summed E-state index contributed by atoms with van der Waals surface area (Å²) in [5.74, 6) is 0.831. The van der Waals surface area contributed by atoms with E-state index in [0.29, 0.717) is 11.4 Å². The number of nitrogens with zero attached hydrogens (tertiary/aromatic N) is 3. The van der Waals surface area contributed by atoms with E-state index in [1.54, 1.807) is 6.07 Å². The molecule has 7 aromatic carbocycles. The van der Waals surface area contributed by atoms with Crippen molar-refractivity contribution in [2.45, 2.75) is 45.4 Å². The van der Waals surface area contributed by atoms with E-state index in [-0.39, 0.29) is 37.6 Å². The van der Waals surface area contributed by atoms with Crippen LogP contribution in [0.15, 0.2) is 170 Å². The molecule has 2 heterocycles. The molecule has 296 valence electrons. The standard InChI is InChI=1S/C55H44N3O.Pt/c1-54(2,3)40-27-28-47(44(34-40)36-19-10-7-11-20-36)58-48-25-16-23-41(52(48)57-53(58)43-22-13-15-26-49(43)59)38-31-37(35-17-8-6-9-18-35)32-39(33-38)51-50-42-21-12-14-24-45(42)55(4,5)46(50)29-30-56-51;/h6-32,34,59H,1-5H3;/q-1;. The summed E-state index contributed by atoms with van der Waals surface area (Å²) < 4.78 is 2.22. The number of fused-ring (bicyclic) bond motifs is 4. The van der Waals surface area contributed by atoms with Crippen molar-refractivity contribution in [1.82, 2.24) is 14.5 Å². The summed E-state index contributed by atoms with van der Waals surface area (Å²) >= 11 is 0. The van der Waals surface area contributed by atoms with Crippen molar-refractivity contribution in [2.75, 3.05) is 0 Å². The minimum Gasteiger partial charge on any atom is -0.507 e. The van der Waals surface area contributed by atoms with Gasteiger partial charge in [0, 0.05) is 43.9 Å². The molecule has 10 rings (SSSR count). The fraction of sp³-hybridized carbons (Fsp3) is 0.127. The van der Waals surface area contributed by atoms with Crippen molar-refractivity contribution in [1.29, 1.82) is 0 Å². The second-order valence-electron chi connectivity index (χ2n) is 17.1. The van der Waals surface area contributed by atoms with Gasteiger partial charge in [0.05, 0.1) is 22.3 Å². The van der Waals surface area contributed by atoms with Gasteiger partial charge in [0.15, 0.2) is 0 Å². The molecule has 4 nitrogen and oxygen atoms in total. The van der Waals surface area contributed by atoms with Gasteiger partial charge in [-0.25, -0.2) is 4.98 Å². The van der Waals surface area contributed by atoms with E-state index >= 15 is 0 Å². The molecule has 1 aliphatic rings. The first-order valence-corrected chi connectivity index (χ1v) is 20.3. The van der Waals surface area contributed by atoms with Crippen molar-refractivity contribution in [3.8, 4) is 78.6 Å². The van der Waals surface area contributed by atoms with Crippen molar-refractivity contribution in [3.63, 3.8) is 0 Å². The van der Waals surface area contributed by atoms with Gasteiger partial charge in [0.25, 0.3) is 0 Å². The summed E-state index contributed by atoms with van der Waals surface area (Å²) in [5.41, 5.74) is 17.4. The van der Waals surface area contributed by atoms with Gasteiger partial charge in [-0.15, -0.1) is 23.8 Å². The first kappa shape index (κ1) is 39.1. The minimum atomic E-state index is -0.162. The second kappa shape index (κ2) is 15.0. The predicted octanol–water partition coefficient (Wildman–Crippen LogP) is 13.9. The van der Waals surface area contributed by atoms with Gasteiger partial charge in [0.2, 0.25) is 0 Å². The number of imidazole rings is 1. The number of hydrogen-bond acceptors (Lipinski definition) is 3. The summed E-state index contributed by atoms with van der Waals surface area (Å²) in [7, 11) is 0. The number of rotatable bonds is 6. The van der Waals surface area contributed by atoms with Crippen molar-refractivity contribution < 1.29 is 26.2 Å². The van der Waals surface area contributed by atoms with Gasteiger partial charge in [-0.2, -0.15) is 0 Å². The average molecular weight is 958 g/mol. The Labute approximate surface area is 366 Å². The monoisotopic (exact) mass is 957 g/mol. The predicted molar refractivity (Wildman–Crippen MR) is 243 cm³/mol. The van der Waals surface area contributed by atoms with Crippen LogP contribution in [0, 0.1) is 6.07 Å². The first-order chi connectivity index (χ1) is 28.6. The van der Waals surface area contributed by atoms with E-state index in [1.807, 2.05) is 24.4 Å². The third kappa shape index (κ3) is 6.51. The molecule has 9 aromatic rings. The molecule has 1 aliphatic carbocycles. The number of para-hydroxylation sites is 2. The number of aromatic hydroxyl groups is 1. The second-order valence-corrected chi connectivity index (χ2v) is 17.1. The van der Waals surface area contributed by atoms with Crippen LogP contribution >= 0.6 is 0 Å². The van der Waals surface area contributed by atoms with Crippen LogP contribution in [0.2, 0.25) is 0 Å². The number of pyridine rings is 1. The maximum atomic E-state index is 11.4. The van der Waals surface area contributed by atoms with E-state index in [1.165, 1.54) is 22.3 Å². The topological polar surface area (TPSA) is 50.9 Å². The summed E-state index contributed by atoms with van der Waals surface area (Å²) in [4.78, 5) is 10.6. The van der Waals surface area contributed by atoms with Crippen LogP contribution < -0.4 is 0 Å². The zero-order valence-corrected chi connectivity index (χ0v) is 36.5. The molecule has 0 radical (unpaired) electrons. The van der Waals surface area contributed by atoms with Gasteiger partial charge >= 0.3 is 0 Å². The number of hydrogen-bond donors (Lipinski definition) is 1. The van der Waals surface area contributed by atoms with Gasteiger partial charge < -0.3 is 5.11 Å². The Kier molecular flexibility index (Phi) is 9.80. The van der Waals surface area contributed by atoms with Crippen LogP contribution in [0.4, 0.5) is 0 Å². The third-order valence-electron chi connectivity index (χ3n) is 12.0. The van der Waals surface area contributed by atoms with Gasteiger partial charge in [-0.3, -0.25) is 9.55 Å². The Morgan fingerprint density at radius 1 is 0.583 bits per heavy atom. The minimum absolute atomic E-state index is 0. The average Bonchev–Trinajstić information content (AvgIpc) is 3.76. The Hall–Kier alpha value is -6.35. The molecule has 5 heteroatoms. The number of benzene rings is 7. The Bertz CT molecular complexity index is 3070. The zero-order chi connectivity index (χ0) is 40.5. The molecule has 0 aliphatic heterocycles. The smallest absolute Gasteiger partial charge is 0.148 e. The third-order valence-corrected chi connectivity index (χ3v) is 12.0. The number of aromatic nitrogens is 3. The van der Waals surface area contributed by atoms with E-state index in [4.69, 9.17) is 9.97 Å². The van der Waals surface area contributed by atoms with Gasteiger partial charge in [-0.05, 0) is 80.8 Å². The molecule has 0 saturated carbocycles. The molecule has 60 heavy (non-hydrogen) atoms. The molecule has 0 atom stereocenters. The first-order valence-electron chi connectivity index (χ1n) is 20.3. The molecule has 2 aromatic heterocycles. The molecule has 0 unspecified atom stereocenters. The molecule has 0 spiro atoms.